The van der Waals surface area contributed by atoms with E-state index in [2.05, 4.69) is 15.8 Å². The van der Waals surface area contributed by atoms with Gasteiger partial charge in [-0.3, -0.25) is 19.3 Å². The van der Waals surface area contributed by atoms with Crippen LogP contribution in [0.1, 0.15) is 23.7 Å². The Hall–Kier alpha value is -3.27. The Morgan fingerprint density at radius 2 is 2.03 bits per heavy atom. The number of hydrogen-bond acceptors (Lipinski definition) is 6. The Kier molecular flexibility index (Phi) is 5.49. The lowest BCUT2D eigenvalue weighted by molar-refractivity contribution is -0.136. The van der Waals surface area contributed by atoms with Gasteiger partial charge in [-0.1, -0.05) is 11.2 Å². The van der Waals surface area contributed by atoms with Gasteiger partial charge in [0.2, 0.25) is 17.7 Å². The highest BCUT2D eigenvalue weighted by molar-refractivity contribution is 6.01. The second kappa shape index (κ2) is 8.23. The highest BCUT2D eigenvalue weighted by atomic mass is 19.1. The SMILES string of the molecule is Cc1cc(NC(=O)CN2CCN(C(=O)C3CC(=O)Nc4cc(F)ccc43)CC2)no1. The van der Waals surface area contributed by atoms with Crippen molar-refractivity contribution in [2.45, 2.75) is 19.3 Å². The van der Waals surface area contributed by atoms with Gasteiger partial charge in [-0.25, -0.2) is 4.39 Å². The third-order valence-corrected chi connectivity index (χ3v) is 5.30. The van der Waals surface area contributed by atoms with Crippen LogP contribution in [-0.4, -0.2) is 65.4 Å². The van der Waals surface area contributed by atoms with Crippen molar-refractivity contribution in [3.63, 3.8) is 0 Å². The Balaban J connectivity index is 1.33. The number of hydrogen-bond donors (Lipinski definition) is 2. The lowest BCUT2D eigenvalue weighted by Gasteiger charge is -2.37. The number of carbonyl (C=O) groups is 3. The first-order valence-electron chi connectivity index (χ1n) is 9.72. The summed E-state index contributed by atoms with van der Waals surface area (Å²) in [4.78, 5) is 40.9. The van der Waals surface area contributed by atoms with Crippen molar-refractivity contribution in [2.24, 2.45) is 0 Å². The summed E-state index contributed by atoms with van der Waals surface area (Å²) in [5.74, 6) is -0.766. The van der Waals surface area contributed by atoms with E-state index in [1.807, 2.05) is 4.90 Å². The van der Waals surface area contributed by atoms with Crippen LogP contribution in [0, 0.1) is 12.7 Å². The first kappa shape index (κ1) is 20.0. The van der Waals surface area contributed by atoms with Gasteiger partial charge in [0.05, 0.1) is 12.5 Å². The van der Waals surface area contributed by atoms with Crippen molar-refractivity contribution in [1.29, 1.82) is 0 Å². The fraction of sp³-hybridized carbons (Fsp3) is 0.400. The van der Waals surface area contributed by atoms with Crippen LogP contribution in [0.2, 0.25) is 0 Å². The van der Waals surface area contributed by atoms with Crippen LogP contribution in [0.15, 0.2) is 28.8 Å². The van der Waals surface area contributed by atoms with Crippen LogP contribution in [0.4, 0.5) is 15.9 Å². The summed E-state index contributed by atoms with van der Waals surface area (Å²) in [5.41, 5.74) is 0.980. The van der Waals surface area contributed by atoms with E-state index in [1.54, 1.807) is 24.0 Å². The molecule has 3 amide bonds. The minimum absolute atomic E-state index is 0.0389. The van der Waals surface area contributed by atoms with Gasteiger partial charge in [-0.05, 0) is 24.6 Å². The maximum Gasteiger partial charge on any atom is 0.239 e. The molecule has 0 bridgehead atoms. The number of fused-ring (bicyclic) bond motifs is 1. The standard InChI is InChI=1S/C20H22FN5O4/c1-12-8-17(24-30-12)23-19(28)11-25-4-6-26(7-5-25)20(29)15-10-18(27)22-16-9-13(21)2-3-14(15)16/h2-3,8-9,15H,4-7,10-11H2,1H3,(H,22,27)(H,23,24,28). The third-order valence-electron chi connectivity index (χ3n) is 5.30. The van der Waals surface area contributed by atoms with Crippen LogP contribution in [-0.2, 0) is 14.4 Å². The molecule has 2 aromatic rings. The average Bonchev–Trinajstić information content (AvgIpc) is 3.11. The zero-order chi connectivity index (χ0) is 21.3. The Morgan fingerprint density at radius 3 is 2.73 bits per heavy atom. The molecule has 10 heteroatoms. The summed E-state index contributed by atoms with van der Waals surface area (Å²) in [6.45, 7) is 3.89. The molecule has 1 atom stereocenters. The van der Waals surface area contributed by atoms with Crippen LogP contribution in [0.3, 0.4) is 0 Å². The van der Waals surface area contributed by atoms with Crippen molar-refractivity contribution in [3.05, 3.63) is 41.4 Å². The number of rotatable bonds is 4. The predicted octanol–water partition coefficient (Wildman–Crippen LogP) is 1.33. The molecule has 30 heavy (non-hydrogen) atoms. The van der Waals surface area contributed by atoms with Crippen LogP contribution >= 0.6 is 0 Å². The highest BCUT2D eigenvalue weighted by Crippen LogP contribution is 2.34. The quantitative estimate of drug-likeness (QED) is 0.780. The first-order valence-corrected chi connectivity index (χ1v) is 9.72. The largest absolute Gasteiger partial charge is 0.360 e. The number of carbonyl (C=O) groups excluding carboxylic acids is 3. The van der Waals surface area contributed by atoms with E-state index in [0.717, 1.165) is 0 Å². The molecule has 2 N–H and O–H groups in total. The molecule has 0 aliphatic carbocycles. The lowest BCUT2D eigenvalue weighted by atomic mass is 9.89. The van der Waals surface area contributed by atoms with E-state index in [1.165, 1.54) is 12.1 Å². The molecule has 2 aliphatic heterocycles. The lowest BCUT2D eigenvalue weighted by Crippen LogP contribution is -2.52. The van der Waals surface area contributed by atoms with Gasteiger partial charge in [-0.2, -0.15) is 0 Å². The zero-order valence-corrected chi connectivity index (χ0v) is 16.5. The summed E-state index contributed by atoms with van der Waals surface area (Å²) in [6.07, 6.45) is 0.0389. The van der Waals surface area contributed by atoms with E-state index in [-0.39, 0.29) is 30.7 Å². The van der Waals surface area contributed by atoms with Crippen LogP contribution < -0.4 is 10.6 Å². The Bertz CT molecular complexity index is 983. The van der Waals surface area contributed by atoms with E-state index < -0.39 is 11.7 Å². The first-order chi connectivity index (χ1) is 14.4. The van der Waals surface area contributed by atoms with Gasteiger partial charge in [-0.15, -0.1) is 0 Å². The predicted molar refractivity (Wildman–Crippen MR) is 105 cm³/mol. The van der Waals surface area contributed by atoms with E-state index in [4.69, 9.17) is 4.52 Å². The Labute approximate surface area is 172 Å². The molecule has 1 saturated heterocycles. The maximum atomic E-state index is 13.5. The second-order valence-electron chi connectivity index (χ2n) is 7.51. The van der Waals surface area contributed by atoms with Crippen molar-refractivity contribution < 1.29 is 23.3 Å². The number of aryl methyl sites for hydroxylation is 1. The van der Waals surface area contributed by atoms with E-state index in [9.17, 15) is 18.8 Å². The van der Waals surface area contributed by atoms with Gasteiger partial charge in [0.15, 0.2) is 5.82 Å². The normalized spacial score (nSPS) is 19.2. The number of aromatic nitrogens is 1. The van der Waals surface area contributed by atoms with Gasteiger partial charge >= 0.3 is 0 Å². The molecule has 1 fully saturated rings. The molecule has 0 saturated carbocycles. The topological polar surface area (TPSA) is 108 Å². The molecule has 158 valence electrons. The molecule has 1 unspecified atom stereocenters. The number of nitrogens with one attached hydrogen (secondary N) is 2. The molecule has 1 aromatic heterocycles. The summed E-state index contributed by atoms with van der Waals surface area (Å²) >= 11 is 0. The van der Waals surface area contributed by atoms with Gasteiger partial charge in [0.1, 0.15) is 11.6 Å². The number of halogens is 1. The molecule has 9 nitrogen and oxygen atoms in total. The van der Waals surface area contributed by atoms with E-state index in [0.29, 0.717) is 49.0 Å². The van der Waals surface area contributed by atoms with Gasteiger partial charge in [0.25, 0.3) is 0 Å². The molecular formula is C20H22FN5O4. The highest BCUT2D eigenvalue weighted by Gasteiger charge is 2.35. The van der Waals surface area contributed by atoms with Crippen molar-refractivity contribution in [3.8, 4) is 0 Å². The molecular weight excluding hydrogens is 393 g/mol. The minimum Gasteiger partial charge on any atom is -0.360 e. The average molecular weight is 415 g/mol. The monoisotopic (exact) mass is 415 g/mol. The number of amides is 3. The zero-order valence-electron chi connectivity index (χ0n) is 16.5. The fourth-order valence-electron chi connectivity index (χ4n) is 3.82. The molecule has 1 aromatic carbocycles. The maximum absolute atomic E-state index is 13.5. The smallest absolute Gasteiger partial charge is 0.239 e. The summed E-state index contributed by atoms with van der Waals surface area (Å²) in [7, 11) is 0. The fourth-order valence-corrected chi connectivity index (χ4v) is 3.82. The second-order valence-corrected chi connectivity index (χ2v) is 7.51. The molecule has 2 aliphatic rings. The molecule has 4 rings (SSSR count). The van der Waals surface area contributed by atoms with Crippen LogP contribution in [0.5, 0.6) is 0 Å². The van der Waals surface area contributed by atoms with Crippen molar-refractivity contribution >= 4 is 29.2 Å². The minimum atomic E-state index is -0.625. The number of nitrogens with zero attached hydrogens (tertiary/aromatic N) is 3. The number of piperazine rings is 1. The summed E-state index contributed by atoms with van der Waals surface area (Å²) in [5, 5.41) is 9.03. The number of benzene rings is 1. The Morgan fingerprint density at radius 1 is 1.27 bits per heavy atom. The van der Waals surface area contributed by atoms with Gasteiger partial charge < -0.3 is 20.1 Å². The molecule has 0 radical (unpaired) electrons. The molecule has 3 heterocycles. The van der Waals surface area contributed by atoms with Crippen molar-refractivity contribution in [2.75, 3.05) is 43.4 Å². The summed E-state index contributed by atoms with van der Waals surface area (Å²) in [6, 6.07) is 5.72. The van der Waals surface area contributed by atoms with E-state index >= 15 is 0 Å². The number of anilines is 2. The van der Waals surface area contributed by atoms with Crippen molar-refractivity contribution in [1.82, 2.24) is 15.0 Å². The van der Waals surface area contributed by atoms with Crippen LogP contribution in [0.25, 0.3) is 0 Å². The molecule has 0 spiro atoms. The summed E-state index contributed by atoms with van der Waals surface area (Å²) < 4.78 is 18.4. The van der Waals surface area contributed by atoms with Gasteiger partial charge in [0, 0.05) is 44.4 Å². The third kappa shape index (κ3) is 4.33.